The summed E-state index contributed by atoms with van der Waals surface area (Å²) in [4.78, 5) is 4.08. The highest BCUT2D eigenvalue weighted by Gasteiger charge is 1.97. The third kappa shape index (κ3) is 3.40. The Morgan fingerprint density at radius 1 is 1.57 bits per heavy atom. The fraction of sp³-hybridized carbons (Fsp3) is 0.300. The summed E-state index contributed by atoms with van der Waals surface area (Å²) in [7, 11) is 3.85. The Kier molecular flexibility index (Phi) is 5.11. The number of aromatic nitrogens is 1. The molecule has 0 radical (unpaired) electrons. The fourth-order valence-corrected chi connectivity index (χ4v) is 1.67. The number of rotatable bonds is 5. The fourth-order valence-electron chi connectivity index (χ4n) is 1.00. The first-order chi connectivity index (χ1) is 6.88. The van der Waals surface area contributed by atoms with E-state index in [-0.39, 0.29) is 0 Å². The molecule has 0 atom stereocenters. The lowest BCUT2D eigenvalue weighted by Crippen LogP contribution is -2.06. The zero-order valence-electron chi connectivity index (χ0n) is 8.45. The lowest BCUT2D eigenvalue weighted by atomic mass is 10.2. The van der Waals surface area contributed by atoms with Crippen molar-refractivity contribution in [1.29, 1.82) is 0 Å². The van der Waals surface area contributed by atoms with Gasteiger partial charge in [0.25, 0.3) is 0 Å². The molecule has 14 heavy (non-hydrogen) atoms. The summed E-state index contributed by atoms with van der Waals surface area (Å²) < 4.78 is 0. The van der Waals surface area contributed by atoms with E-state index in [9.17, 15) is 0 Å². The number of hydrogen-bond acceptors (Lipinski definition) is 4. The van der Waals surface area contributed by atoms with Crippen molar-refractivity contribution in [2.24, 2.45) is 0 Å². The van der Waals surface area contributed by atoms with Gasteiger partial charge in [0, 0.05) is 36.6 Å². The van der Waals surface area contributed by atoms with Crippen LogP contribution in [0.15, 0.2) is 29.9 Å². The maximum atomic E-state index is 4.08. The van der Waals surface area contributed by atoms with Gasteiger partial charge in [-0.05, 0) is 24.6 Å². The van der Waals surface area contributed by atoms with Crippen LogP contribution in [0.2, 0.25) is 0 Å². The first-order valence-corrected chi connectivity index (χ1v) is 5.48. The summed E-state index contributed by atoms with van der Waals surface area (Å²) in [6, 6.07) is 3.97. The molecule has 3 nitrogen and oxygen atoms in total. The third-order valence-electron chi connectivity index (χ3n) is 1.67. The van der Waals surface area contributed by atoms with Crippen LogP contribution in [0.25, 0.3) is 5.70 Å². The quantitative estimate of drug-likeness (QED) is 0.569. The average Bonchev–Trinajstić information content (AvgIpc) is 2.26. The zero-order chi connectivity index (χ0) is 10.2. The van der Waals surface area contributed by atoms with Crippen LogP contribution in [0.5, 0.6) is 0 Å². The molecular formula is C10H15N3S. The molecule has 1 aromatic rings. The Labute approximate surface area is 89.0 Å². The van der Waals surface area contributed by atoms with Crippen molar-refractivity contribution in [3.8, 4) is 0 Å². The molecule has 0 amide bonds. The topological polar surface area (TPSA) is 37.0 Å². The molecule has 0 aliphatic carbocycles. The normalized spacial score (nSPS) is 11.4. The predicted octanol–water partition coefficient (Wildman–Crippen LogP) is 1.51. The highest BCUT2D eigenvalue weighted by molar-refractivity contribution is 8.02. The van der Waals surface area contributed by atoms with Gasteiger partial charge in [0.05, 0.1) is 0 Å². The molecule has 2 N–H and O–H groups in total. The summed E-state index contributed by atoms with van der Waals surface area (Å²) in [6.07, 6.45) is 3.62. The molecule has 0 aromatic carbocycles. The van der Waals surface area contributed by atoms with Gasteiger partial charge >= 0.3 is 0 Å². The number of nitrogens with one attached hydrogen (secondary N) is 2. The zero-order valence-corrected chi connectivity index (χ0v) is 9.27. The van der Waals surface area contributed by atoms with Crippen molar-refractivity contribution in [3.05, 3.63) is 35.5 Å². The van der Waals surface area contributed by atoms with Crippen molar-refractivity contribution < 1.29 is 0 Å². The molecule has 0 saturated heterocycles. The first kappa shape index (κ1) is 11.1. The number of pyridine rings is 1. The number of nitrogens with zero attached hydrogens (tertiary/aromatic N) is 1. The van der Waals surface area contributed by atoms with E-state index in [2.05, 4.69) is 21.0 Å². The van der Waals surface area contributed by atoms with E-state index in [0.29, 0.717) is 0 Å². The van der Waals surface area contributed by atoms with Crippen LogP contribution in [0.4, 0.5) is 0 Å². The van der Waals surface area contributed by atoms with Gasteiger partial charge < -0.3 is 10.6 Å². The Morgan fingerprint density at radius 2 is 2.43 bits per heavy atom. The Balaban J connectivity index is 2.67. The van der Waals surface area contributed by atoms with Gasteiger partial charge in [0.2, 0.25) is 0 Å². The summed E-state index contributed by atoms with van der Waals surface area (Å²) in [5.74, 6) is 0.908. The number of hydrogen-bond donors (Lipinski definition) is 2. The molecule has 0 bridgehead atoms. The van der Waals surface area contributed by atoms with Crippen LogP contribution < -0.4 is 10.6 Å². The van der Waals surface area contributed by atoms with Crippen molar-refractivity contribution in [2.75, 3.05) is 20.0 Å². The molecule has 1 rings (SSSR count). The van der Waals surface area contributed by atoms with Crippen molar-refractivity contribution in [3.63, 3.8) is 0 Å². The minimum atomic E-state index is 0.908. The summed E-state index contributed by atoms with van der Waals surface area (Å²) in [5.41, 5.74) is 2.21. The van der Waals surface area contributed by atoms with Crippen molar-refractivity contribution in [2.45, 2.75) is 0 Å². The van der Waals surface area contributed by atoms with Gasteiger partial charge in [-0.3, -0.25) is 4.98 Å². The van der Waals surface area contributed by atoms with Crippen LogP contribution in [-0.2, 0) is 0 Å². The second kappa shape index (κ2) is 6.45. The second-order valence-corrected chi connectivity index (χ2v) is 3.55. The van der Waals surface area contributed by atoms with Crippen LogP contribution in [0.1, 0.15) is 5.56 Å². The Morgan fingerprint density at radius 3 is 3.00 bits per heavy atom. The van der Waals surface area contributed by atoms with Gasteiger partial charge in [-0.15, -0.1) is 11.8 Å². The lowest BCUT2D eigenvalue weighted by Gasteiger charge is -2.05. The van der Waals surface area contributed by atoms with E-state index in [1.54, 1.807) is 18.0 Å². The molecule has 0 aliphatic rings. The van der Waals surface area contributed by atoms with Crippen LogP contribution in [-0.4, -0.2) is 25.0 Å². The molecule has 0 aliphatic heterocycles. The molecule has 76 valence electrons. The van der Waals surface area contributed by atoms with E-state index in [1.807, 2.05) is 32.4 Å². The van der Waals surface area contributed by atoms with Gasteiger partial charge in [-0.2, -0.15) is 0 Å². The molecular weight excluding hydrogens is 194 g/mol. The predicted molar refractivity (Wildman–Crippen MR) is 62.8 cm³/mol. The Hall–Kier alpha value is -1.00. The second-order valence-electron chi connectivity index (χ2n) is 2.69. The van der Waals surface area contributed by atoms with E-state index in [4.69, 9.17) is 0 Å². The minimum Gasteiger partial charge on any atom is -0.387 e. The maximum Gasteiger partial charge on any atom is 0.0491 e. The van der Waals surface area contributed by atoms with Crippen molar-refractivity contribution >= 4 is 17.5 Å². The molecule has 0 saturated carbocycles. The minimum absolute atomic E-state index is 0.908. The maximum absolute atomic E-state index is 4.08. The summed E-state index contributed by atoms with van der Waals surface area (Å²) >= 11 is 1.72. The average molecular weight is 209 g/mol. The first-order valence-electron chi connectivity index (χ1n) is 4.43. The van der Waals surface area contributed by atoms with E-state index in [0.717, 1.165) is 17.1 Å². The molecule has 0 fully saturated rings. The molecule has 0 spiro atoms. The monoisotopic (exact) mass is 209 g/mol. The summed E-state index contributed by atoms with van der Waals surface area (Å²) in [6.45, 7) is 0. The highest BCUT2D eigenvalue weighted by atomic mass is 32.2. The van der Waals surface area contributed by atoms with Crippen LogP contribution in [0, 0.1) is 0 Å². The van der Waals surface area contributed by atoms with Crippen molar-refractivity contribution in [1.82, 2.24) is 15.6 Å². The van der Waals surface area contributed by atoms with E-state index in [1.165, 1.54) is 0 Å². The molecule has 4 heteroatoms. The molecule has 1 aromatic heterocycles. The van der Waals surface area contributed by atoms with Gasteiger partial charge in [-0.25, -0.2) is 0 Å². The van der Waals surface area contributed by atoms with Crippen LogP contribution >= 0.6 is 11.8 Å². The molecule has 0 unspecified atom stereocenters. The third-order valence-corrected chi connectivity index (χ3v) is 2.53. The van der Waals surface area contributed by atoms with E-state index < -0.39 is 0 Å². The smallest absolute Gasteiger partial charge is 0.0491 e. The molecule has 1 heterocycles. The van der Waals surface area contributed by atoms with Gasteiger partial charge in [0.1, 0.15) is 0 Å². The standard InChI is InChI=1S/C10H15N3S/c1-11-8-14-7-10(12-2)9-4-3-5-13-6-9/h3-7,11-12H,8H2,1-2H3/b10-7-. The van der Waals surface area contributed by atoms with Crippen LogP contribution in [0.3, 0.4) is 0 Å². The lowest BCUT2D eigenvalue weighted by molar-refractivity contribution is 0.985. The summed E-state index contributed by atoms with van der Waals surface area (Å²) in [5, 5.41) is 8.31. The van der Waals surface area contributed by atoms with Gasteiger partial charge in [0.15, 0.2) is 0 Å². The number of thioether (sulfide) groups is 1. The highest BCUT2D eigenvalue weighted by Crippen LogP contribution is 2.13. The Bertz CT molecular complexity index is 285. The largest absolute Gasteiger partial charge is 0.387 e. The van der Waals surface area contributed by atoms with Gasteiger partial charge in [-0.1, -0.05) is 0 Å². The van der Waals surface area contributed by atoms with E-state index >= 15 is 0 Å². The SMILES string of the molecule is CNCS/C=C(\NC)c1cccnc1.